The molecule has 1 heterocycles. The van der Waals surface area contributed by atoms with Crippen LogP contribution in [0, 0.1) is 0 Å². The number of methoxy groups -OCH3 is 1. The maximum Gasteiger partial charge on any atom is 0.305 e. The van der Waals surface area contributed by atoms with Gasteiger partial charge in [-0.25, -0.2) is 4.98 Å². The summed E-state index contributed by atoms with van der Waals surface area (Å²) in [5.41, 5.74) is 7.11. The Morgan fingerprint density at radius 1 is 1.65 bits per heavy atom. The number of carbonyl (C=O) groups excluding carboxylic acids is 1. The number of nitrogens with two attached hydrogens (primary N) is 1. The van der Waals surface area contributed by atoms with Gasteiger partial charge in [0.15, 0.2) is 0 Å². The number of aromatic nitrogens is 2. The van der Waals surface area contributed by atoms with E-state index in [0.29, 0.717) is 12.8 Å². The van der Waals surface area contributed by atoms with E-state index in [-0.39, 0.29) is 12.0 Å². The zero-order valence-electron chi connectivity index (χ0n) is 10.6. The minimum Gasteiger partial charge on any atom is -0.469 e. The van der Waals surface area contributed by atoms with Crippen LogP contribution in [0.15, 0.2) is 12.5 Å². The summed E-state index contributed by atoms with van der Waals surface area (Å²) in [7, 11) is 1.39. The van der Waals surface area contributed by atoms with Crippen molar-refractivity contribution in [3.8, 4) is 0 Å². The summed E-state index contributed by atoms with van der Waals surface area (Å²) in [6, 6.07) is -0.0265. The molecule has 0 saturated carbocycles. The van der Waals surface area contributed by atoms with Crippen molar-refractivity contribution < 1.29 is 9.53 Å². The number of carbonyl (C=O) groups is 1. The van der Waals surface area contributed by atoms with Crippen molar-refractivity contribution in [1.29, 1.82) is 0 Å². The smallest absolute Gasteiger partial charge is 0.305 e. The Balaban J connectivity index is 2.41. The van der Waals surface area contributed by atoms with Crippen LogP contribution in [0.25, 0.3) is 0 Å². The zero-order chi connectivity index (χ0) is 12.7. The molecule has 0 aromatic carbocycles. The van der Waals surface area contributed by atoms with E-state index in [1.807, 2.05) is 12.5 Å². The van der Waals surface area contributed by atoms with Gasteiger partial charge < -0.3 is 15.0 Å². The molecular weight excluding hydrogens is 218 g/mol. The van der Waals surface area contributed by atoms with Crippen LogP contribution in [0.3, 0.4) is 0 Å². The highest BCUT2D eigenvalue weighted by atomic mass is 16.5. The average molecular weight is 239 g/mol. The molecule has 0 aliphatic carbocycles. The zero-order valence-corrected chi connectivity index (χ0v) is 10.6. The van der Waals surface area contributed by atoms with Crippen LogP contribution in [0.4, 0.5) is 0 Å². The highest BCUT2D eigenvalue weighted by Gasteiger charge is 2.10. The van der Waals surface area contributed by atoms with Gasteiger partial charge in [-0.15, -0.1) is 0 Å². The van der Waals surface area contributed by atoms with E-state index < -0.39 is 0 Å². The maximum atomic E-state index is 11.0. The molecule has 1 aromatic heterocycles. The van der Waals surface area contributed by atoms with Gasteiger partial charge in [0.25, 0.3) is 0 Å². The van der Waals surface area contributed by atoms with Crippen LogP contribution in [0.1, 0.15) is 31.9 Å². The summed E-state index contributed by atoms with van der Waals surface area (Å²) in [6.45, 7) is 3.08. The Kier molecular flexibility index (Phi) is 5.69. The lowest BCUT2D eigenvalue weighted by Gasteiger charge is -2.12. The lowest BCUT2D eigenvalue weighted by molar-refractivity contribution is -0.140. The minimum absolute atomic E-state index is 0.0265. The van der Waals surface area contributed by atoms with Crippen molar-refractivity contribution in [2.45, 2.75) is 45.2 Å². The molecule has 17 heavy (non-hydrogen) atoms. The molecule has 96 valence electrons. The fourth-order valence-electron chi connectivity index (χ4n) is 1.74. The first kappa shape index (κ1) is 13.7. The predicted molar refractivity (Wildman–Crippen MR) is 65.4 cm³/mol. The van der Waals surface area contributed by atoms with Crippen molar-refractivity contribution >= 4 is 5.97 Å². The Labute approximate surface area is 102 Å². The van der Waals surface area contributed by atoms with Crippen LogP contribution in [-0.4, -0.2) is 28.7 Å². The minimum atomic E-state index is -0.206. The van der Waals surface area contributed by atoms with E-state index in [1.165, 1.54) is 7.11 Å². The standard InChI is InChI=1S/C12H21N3O2/c1-3-6-15-9-14-8-11(15)7-10(13)4-5-12(16)17-2/h8-10H,3-7,13H2,1-2H3. The summed E-state index contributed by atoms with van der Waals surface area (Å²) in [6.07, 6.45) is 6.50. The molecule has 0 aliphatic heterocycles. The third kappa shape index (κ3) is 4.56. The molecule has 0 spiro atoms. The van der Waals surface area contributed by atoms with Gasteiger partial charge in [0, 0.05) is 37.3 Å². The largest absolute Gasteiger partial charge is 0.469 e. The molecule has 0 saturated heterocycles. The molecule has 0 amide bonds. The van der Waals surface area contributed by atoms with Crippen LogP contribution in [0.5, 0.6) is 0 Å². The van der Waals surface area contributed by atoms with Gasteiger partial charge in [-0.3, -0.25) is 4.79 Å². The Morgan fingerprint density at radius 3 is 3.06 bits per heavy atom. The Morgan fingerprint density at radius 2 is 2.41 bits per heavy atom. The molecular formula is C12H21N3O2. The first-order valence-electron chi connectivity index (χ1n) is 5.98. The van der Waals surface area contributed by atoms with E-state index in [0.717, 1.165) is 25.1 Å². The number of imidazole rings is 1. The lowest BCUT2D eigenvalue weighted by atomic mass is 10.1. The van der Waals surface area contributed by atoms with E-state index in [4.69, 9.17) is 5.73 Å². The fraction of sp³-hybridized carbons (Fsp3) is 0.667. The molecule has 0 aliphatic rings. The van der Waals surface area contributed by atoms with Crippen molar-refractivity contribution in [3.63, 3.8) is 0 Å². The molecule has 5 heteroatoms. The number of esters is 1. The van der Waals surface area contributed by atoms with Gasteiger partial charge in [-0.05, 0) is 12.8 Å². The topological polar surface area (TPSA) is 70.1 Å². The third-order valence-corrected chi connectivity index (χ3v) is 2.68. The van der Waals surface area contributed by atoms with Gasteiger partial charge in [0.2, 0.25) is 0 Å². The SMILES string of the molecule is CCCn1cncc1CC(N)CCC(=O)OC. The number of ether oxygens (including phenoxy) is 1. The highest BCUT2D eigenvalue weighted by molar-refractivity contribution is 5.69. The van der Waals surface area contributed by atoms with Crippen LogP contribution < -0.4 is 5.73 Å². The lowest BCUT2D eigenvalue weighted by Crippen LogP contribution is -2.25. The third-order valence-electron chi connectivity index (χ3n) is 2.68. The van der Waals surface area contributed by atoms with Crippen LogP contribution >= 0.6 is 0 Å². The Hall–Kier alpha value is -1.36. The van der Waals surface area contributed by atoms with E-state index in [1.54, 1.807) is 0 Å². The van der Waals surface area contributed by atoms with E-state index >= 15 is 0 Å². The van der Waals surface area contributed by atoms with Crippen LogP contribution in [0.2, 0.25) is 0 Å². The molecule has 1 aromatic rings. The first-order valence-corrected chi connectivity index (χ1v) is 5.98. The summed E-state index contributed by atoms with van der Waals surface area (Å²) >= 11 is 0. The summed E-state index contributed by atoms with van der Waals surface area (Å²) < 4.78 is 6.70. The number of aryl methyl sites for hydroxylation is 1. The summed E-state index contributed by atoms with van der Waals surface area (Å²) in [4.78, 5) is 15.1. The van der Waals surface area contributed by atoms with Crippen LogP contribution in [-0.2, 0) is 22.5 Å². The quantitative estimate of drug-likeness (QED) is 0.724. The Bertz CT molecular complexity index is 349. The molecule has 5 nitrogen and oxygen atoms in total. The molecule has 0 bridgehead atoms. The molecule has 1 atom stereocenters. The van der Waals surface area contributed by atoms with Crippen molar-refractivity contribution in [1.82, 2.24) is 9.55 Å². The van der Waals surface area contributed by atoms with E-state index in [9.17, 15) is 4.79 Å². The number of nitrogens with zero attached hydrogens (tertiary/aromatic N) is 2. The molecule has 1 unspecified atom stereocenters. The van der Waals surface area contributed by atoms with Crippen molar-refractivity contribution in [3.05, 3.63) is 18.2 Å². The highest BCUT2D eigenvalue weighted by Crippen LogP contribution is 2.07. The average Bonchev–Trinajstić information content (AvgIpc) is 2.74. The van der Waals surface area contributed by atoms with Crippen molar-refractivity contribution in [2.24, 2.45) is 5.73 Å². The second-order valence-corrected chi connectivity index (χ2v) is 4.16. The molecule has 2 N–H and O–H groups in total. The van der Waals surface area contributed by atoms with E-state index in [2.05, 4.69) is 21.2 Å². The molecule has 0 radical (unpaired) electrons. The fourth-order valence-corrected chi connectivity index (χ4v) is 1.74. The number of rotatable bonds is 7. The summed E-state index contributed by atoms with van der Waals surface area (Å²) in [5.74, 6) is -0.206. The first-order chi connectivity index (χ1) is 8.17. The van der Waals surface area contributed by atoms with Crippen molar-refractivity contribution in [2.75, 3.05) is 7.11 Å². The number of hydrogen-bond donors (Lipinski definition) is 1. The maximum absolute atomic E-state index is 11.0. The number of hydrogen-bond acceptors (Lipinski definition) is 4. The predicted octanol–water partition coefficient (Wildman–Crippen LogP) is 1.12. The summed E-state index contributed by atoms with van der Waals surface area (Å²) in [5, 5.41) is 0. The second kappa shape index (κ2) is 7.06. The molecule has 1 rings (SSSR count). The second-order valence-electron chi connectivity index (χ2n) is 4.16. The monoisotopic (exact) mass is 239 g/mol. The van der Waals surface area contributed by atoms with Gasteiger partial charge >= 0.3 is 5.97 Å². The van der Waals surface area contributed by atoms with Gasteiger partial charge in [-0.1, -0.05) is 6.92 Å². The van der Waals surface area contributed by atoms with Gasteiger partial charge in [0.1, 0.15) is 0 Å². The molecule has 0 fully saturated rings. The normalized spacial score (nSPS) is 12.4. The van der Waals surface area contributed by atoms with Gasteiger partial charge in [-0.2, -0.15) is 0 Å². The van der Waals surface area contributed by atoms with Gasteiger partial charge in [0.05, 0.1) is 13.4 Å².